The van der Waals surface area contributed by atoms with Crippen molar-refractivity contribution in [2.45, 2.75) is 19.4 Å². The van der Waals surface area contributed by atoms with Crippen LogP contribution in [0.4, 0.5) is 11.4 Å². The number of carbonyl (C=O) groups is 2. The number of nitro benzene ring substituents is 1. The third kappa shape index (κ3) is 5.02. The zero-order valence-electron chi connectivity index (χ0n) is 13.3. The van der Waals surface area contributed by atoms with Gasteiger partial charge in [0.25, 0.3) is 11.6 Å². The van der Waals surface area contributed by atoms with E-state index in [0.717, 1.165) is 0 Å². The Kier molecular flexibility index (Phi) is 6.08. The Morgan fingerprint density at radius 1 is 1.20 bits per heavy atom. The van der Waals surface area contributed by atoms with Gasteiger partial charge < -0.3 is 10.1 Å². The van der Waals surface area contributed by atoms with Crippen molar-refractivity contribution in [3.8, 4) is 0 Å². The van der Waals surface area contributed by atoms with Gasteiger partial charge in [0.2, 0.25) is 0 Å². The van der Waals surface area contributed by atoms with Gasteiger partial charge in [-0.15, -0.1) is 0 Å². The number of nitro groups is 1. The van der Waals surface area contributed by atoms with Crippen molar-refractivity contribution in [2.75, 3.05) is 5.32 Å². The van der Waals surface area contributed by atoms with E-state index in [1.54, 1.807) is 30.3 Å². The second-order valence-corrected chi connectivity index (χ2v) is 5.57. The maximum absolute atomic E-state index is 12.1. The first-order chi connectivity index (χ1) is 11.9. The van der Waals surface area contributed by atoms with E-state index in [-0.39, 0.29) is 17.8 Å². The Bertz CT molecular complexity index is 809. The number of benzene rings is 2. The second kappa shape index (κ2) is 8.25. The van der Waals surface area contributed by atoms with E-state index in [0.29, 0.717) is 10.6 Å². The van der Waals surface area contributed by atoms with Crippen molar-refractivity contribution in [3.63, 3.8) is 0 Å². The Morgan fingerprint density at radius 3 is 2.52 bits per heavy atom. The molecule has 1 amide bonds. The number of rotatable bonds is 6. The first-order valence-electron chi connectivity index (χ1n) is 7.35. The van der Waals surface area contributed by atoms with Crippen molar-refractivity contribution < 1.29 is 19.2 Å². The largest absolute Gasteiger partial charge is 0.452 e. The normalized spacial score (nSPS) is 11.4. The van der Waals surface area contributed by atoms with E-state index in [1.165, 1.54) is 25.1 Å². The van der Waals surface area contributed by atoms with Gasteiger partial charge in [0.1, 0.15) is 5.69 Å². The summed E-state index contributed by atoms with van der Waals surface area (Å²) in [7, 11) is 0. The highest BCUT2D eigenvalue weighted by Gasteiger charge is 2.21. The molecule has 7 nitrogen and oxygen atoms in total. The second-order valence-electron chi connectivity index (χ2n) is 5.16. The van der Waals surface area contributed by atoms with Crippen LogP contribution in [0.15, 0.2) is 48.5 Å². The Balaban J connectivity index is 1.98. The molecular formula is C17H15ClN2O5. The quantitative estimate of drug-likeness (QED) is 0.482. The van der Waals surface area contributed by atoms with Gasteiger partial charge in [-0.3, -0.25) is 19.7 Å². The van der Waals surface area contributed by atoms with Crippen LogP contribution in [0.3, 0.4) is 0 Å². The number of carbonyl (C=O) groups excluding carboxylic acids is 2. The zero-order chi connectivity index (χ0) is 18.4. The highest BCUT2D eigenvalue weighted by molar-refractivity contribution is 6.31. The fourth-order valence-electron chi connectivity index (χ4n) is 2.06. The van der Waals surface area contributed by atoms with E-state index in [9.17, 15) is 19.7 Å². The molecule has 0 aliphatic heterocycles. The predicted octanol–water partition coefficient (Wildman–Crippen LogP) is 3.36. The number of hydrogen-bond donors (Lipinski definition) is 1. The van der Waals surface area contributed by atoms with Crippen LogP contribution in [0.25, 0.3) is 0 Å². The first-order valence-corrected chi connectivity index (χ1v) is 7.73. The molecule has 0 saturated heterocycles. The number of ether oxygens (including phenoxy) is 1. The van der Waals surface area contributed by atoms with Crippen LogP contribution in [0.1, 0.15) is 12.5 Å². The maximum Gasteiger partial charge on any atom is 0.311 e. The molecule has 0 heterocycles. The standard InChI is InChI=1S/C17H15ClN2O5/c1-11(25-16(21)10-12-6-2-3-7-13(12)18)17(22)19-14-8-4-5-9-15(14)20(23)24/h2-9,11H,10H2,1H3,(H,19,22)/t11-/m1/s1. The van der Waals surface area contributed by atoms with Crippen LogP contribution in [-0.4, -0.2) is 22.9 Å². The summed E-state index contributed by atoms with van der Waals surface area (Å²) < 4.78 is 5.06. The van der Waals surface area contributed by atoms with Crippen molar-refractivity contribution >= 4 is 34.9 Å². The Morgan fingerprint density at radius 2 is 1.84 bits per heavy atom. The lowest BCUT2D eigenvalue weighted by molar-refractivity contribution is -0.383. The van der Waals surface area contributed by atoms with Crippen molar-refractivity contribution in [3.05, 3.63) is 69.2 Å². The van der Waals surface area contributed by atoms with Gasteiger partial charge in [0, 0.05) is 11.1 Å². The lowest BCUT2D eigenvalue weighted by Crippen LogP contribution is -2.30. The number of nitrogens with zero attached hydrogens (tertiary/aromatic N) is 1. The van der Waals surface area contributed by atoms with Gasteiger partial charge in [-0.05, 0) is 24.6 Å². The number of nitrogens with one attached hydrogen (secondary N) is 1. The third-order valence-electron chi connectivity index (χ3n) is 3.33. The van der Waals surface area contributed by atoms with Crippen LogP contribution >= 0.6 is 11.6 Å². The molecule has 0 radical (unpaired) electrons. The molecule has 25 heavy (non-hydrogen) atoms. The fourth-order valence-corrected chi connectivity index (χ4v) is 2.27. The molecule has 0 saturated carbocycles. The topological polar surface area (TPSA) is 98.5 Å². The smallest absolute Gasteiger partial charge is 0.311 e. The van der Waals surface area contributed by atoms with Crippen molar-refractivity contribution in [2.24, 2.45) is 0 Å². The van der Waals surface area contributed by atoms with Gasteiger partial charge >= 0.3 is 5.97 Å². The van der Waals surface area contributed by atoms with Gasteiger partial charge in [-0.1, -0.05) is 41.9 Å². The molecule has 0 bridgehead atoms. The molecule has 2 aromatic rings. The summed E-state index contributed by atoms with van der Waals surface area (Å²) in [4.78, 5) is 34.4. The minimum Gasteiger partial charge on any atom is -0.452 e. The van der Waals surface area contributed by atoms with Gasteiger partial charge in [-0.25, -0.2) is 0 Å². The van der Waals surface area contributed by atoms with Crippen LogP contribution in [-0.2, 0) is 20.7 Å². The summed E-state index contributed by atoms with van der Waals surface area (Å²) in [6.07, 6.45) is -1.20. The van der Waals surface area contributed by atoms with Crippen LogP contribution in [0, 0.1) is 10.1 Å². The summed E-state index contributed by atoms with van der Waals surface area (Å²) in [5.74, 6) is -1.29. The Hall–Kier alpha value is -2.93. The average molecular weight is 363 g/mol. The lowest BCUT2D eigenvalue weighted by Gasteiger charge is -2.14. The molecule has 1 atom stereocenters. The molecule has 0 unspecified atom stereocenters. The minimum absolute atomic E-state index is 0.0338. The van der Waals surface area contributed by atoms with E-state index in [1.807, 2.05) is 0 Å². The van der Waals surface area contributed by atoms with Gasteiger partial charge in [0.05, 0.1) is 11.3 Å². The van der Waals surface area contributed by atoms with Crippen molar-refractivity contribution in [1.82, 2.24) is 0 Å². The van der Waals surface area contributed by atoms with Crippen LogP contribution in [0.5, 0.6) is 0 Å². The fraction of sp³-hybridized carbons (Fsp3) is 0.176. The highest BCUT2D eigenvalue weighted by Crippen LogP contribution is 2.23. The van der Waals surface area contributed by atoms with E-state index >= 15 is 0 Å². The zero-order valence-corrected chi connectivity index (χ0v) is 14.0. The van der Waals surface area contributed by atoms with Gasteiger partial charge in [0.15, 0.2) is 6.10 Å². The first kappa shape index (κ1) is 18.4. The Labute approximate surface area is 148 Å². The number of amides is 1. The molecule has 0 fully saturated rings. The lowest BCUT2D eigenvalue weighted by atomic mass is 10.1. The molecule has 0 aliphatic carbocycles. The highest BCUT2D eigenvalue weighted by atomic mass is 35.5. The third-order valence-corrected chi connectivity index (χ3v) is 3.70. The number of anilines is 1. The summed E-state index contributed by atoms with van der Waals surface area (Å²) in [6.45, 7) is 1.38. The predicted molar refractivity (Wildman–Crippen MR) is 92.4 cm³/mol. The minimum atomic E-state index is -1.12. The maximum atomic E-state index is 12.1. The average Bonchev–Trinajstić information content (AvgIpc) is 2.57. The van der Waals surface area contributed by atoms with Crippen LogP contribution < -0.4 is 5.32 Å². The molecule has 2 aromatic carbocycles. The number of para-hydroxylation sites is 2. The summed E-state index contributed by atoms with van der Waals surface area (Å²) in [6, 6.07) is 12.5. The number of halogens is 1. The van der Waals surface area contributed by atoms with E-state index in [2.05, 4.69) is 5.32 Å². The molecule has 130 valence electrons. The summed E-state index contributed by atoms with van der Waals surface area (Å²) in [5.41, 5.74) is 0.373. The molecule has 8 heteroatoms. The monoisotopic (exact) mass is 362 g/mol. The van der Waals surface area contributed by atoms with Gasteiger partial charge in [-0.2, -0.15) is 0 Å². The van der Waals surface area contributed by atoms with E-state index in [4.69, 9.17) is 16.3 Å². The molecule has 1 N–H and O–H groups in total. The summed E-state index contributed by atoms with van der Waals surface area (Å²) >= 11 is 5.97. The molecule has 0 spiro atoms. The number of esters is 1. The van der Waals surface area contributed by atoms with E-state index < -0.39 is 22.9 Å². The van der Waals surface area contributed by atoms with Crippen LogP contribution in [0.2, 0.25) is 5.02 Å². The number of hydrogen-bond acceptors (Lipinski definition) is 5. The molecular weight excluding hydrogens is 348 g/mol. The summed E-state index contributed by atoms with van der Waals surface area (Å²) in [5, 5.41) is 13.8. The SMILES string of the molecule is C[C@@H](OC(=O)Cc1ccccc1Cl)C(=O)Nc1ccccc1[N+](=O)[O-]. The van der Waals surface area contributed by atoms with Crippen molar-refractivity contribution in [1.29, 1.82) is 0 Å². The molecule has 0 aliphatic rings. The molecule has 2 rings (SSSR count). The molecule has 0 aromatic heterocycles.